The molecule has 244 valence electrons. The van der Waals surface area contributed by atoms with Gasteiger partial charge < -0.3 is 19.7 Å². The number of carbonyl (C=O) groups is 1. The third kappa shape index (κ3) is 4.88. The van der Waals surface area contributed by atoms with Crippen molar-refractivity contribution in [1.82, 2.24) is 0 Å². The van der Waals surface area contributed by atoms with Gasteiger partial charge >= 0.3 is 5.97 Å². The molecule has 3 aromatic rings. The molecule has 8 unspecified atom stereocenters. The molecule has 0 aromatic heterocycles. The Morgan fingerprint density at radius 1 is 0.783 bits per heavy atom. The van der Waals surface area contributed by atoms with Crippen LogP contribution >= 0.6 is 0 Å². The lowest BCUT2D eigenvalue weighted by molar-refractivity contribution is -0.253. The van der Waals surface area contributed by atoms with E-state index in [1.807, 2.05) is 25.1 Å². The van der Waals surface area contributed by atoms with Gasteiger partial charge in [0.1, 0.15) is 5.60 Å². The summed E-state index contributed by atoms with van der Waals surface area (Å²) in [5, 5.41) is 23.7. The number of fused-ring (bicyclic) bond motifs is 5. The summed E-state index contributed by atoms with van der Waals surface area (Å²) in [4.78, 5) is 13.2. The first-order valence-electron chi connectivity index (χ1n) is 17.6. The molecule has 0 heterocycles. The molecule has 0 radical (unpaired) electrons. The molecule has 0 amide bonds. The third-order valence-electron chi connectivity index (χ3n) is 13.1. The fourth-order valence-electron chi connectivity index (χ4n) is 11.0. The molecule has 4 fully saturated rings. The lowest BCUT2D eigenvalue weighted by Gasteiger charge is -2.65. The Morgan fingerprint density at radius 2 is 1.37 bits per heavy atom. The van der Waals surface area contributed by atoms with Crippen molar-refractivity contribution in [3.05, 3.63) is 108 Å². The molecule has 2 N–H and O–H groups in total. The van der Waals surface area contributed by atoms with Gasteiger partial charge in [0.25, 0.3) is 0 Å². The topological polar surface area (TPSA) is 76.0 Å². The number of hydrogen-bond donors (Lipinski definition) is 2. The van der Waals surface area contributed by atoms with Crippen LogP contribution in [0.2, 0.25) is 0 Å². The molecule has 46 heavy (non-hydrogen) atoms. The molecule has 3 aromatic carbocycles. The summed E-state index contributed by atoms with van der Waals surface area (Å²) >= 11 is 0. The molecule has 0 bridgehead atoms. The number of ether oxygens (including phenoxy) is 2. The van der Waals surface area contributed by atoms with Crippen LogP contribution in [0.3, 0.4) is 0 Å². The van der Waals surface area contributed by atoms with E-state index in [1.54, 1.807) is 0 Å². The van der Waals surface area contributed by atoms with E-state index < -0.39 is 22.7 Å². The first kappa shape index (κ1) is 31.6. The van der Waals surface area contributed by atoms with Crippen LogP contribution in [-0.4, -0.2) is 41.1 Å². The Hall–Kier alpha value is -2.99. The smallest absolute Gasteiger partial charge is 0.309 e. The van der Waals surface area contributed by atoms with Gasteiger partial charge in [0.15, 0.2) is 0 Å². The number of carbonyl (C=O) groups excluding carboxylic acids is 1. The highest BCUT2D eigenvalue weighted by atomic mass is 16.5. The minimum absolute atomic E-state index is 0.0320. The molecule has 5 nitrogen and oxygen atoms in total. The predicted molar refractivity (Wildman–Crippen MR) is 179 cm³/mol. The van der Waals surface area contributed by atoms with Crippen LogP contribution in [0.1, 0.15) is 88.3 Å². The number of aliphatic hydroxyl groups is 2. The number of benzene rings is 3. The van der Waals surface area contributed by atoms with Gasteiger partial charge in [-0.05, 0) is 98.1 Å². The maximum atomic E-state index is 13.2. The largest absolute Gasteiger partial charge is 0.466 e. The minimum atomic E-state index is -1.02. The normalized spacial score (nSPS) is 35.4. The van der Waals surface area contributed by atoms with Crippen molar-refractivity contribution in [2.75, 3.05) is 13.2 Å². The van der Waals surface area contributed by atoms with Gasteiger partial charge in [-0.2, -0.15) is 0 Å². The third-order valence-corrected chi connectivity index (χ3v) is 13.1. The van der Waals surface area contributed by atoms with Gasteiger partial charge in [-0.1, -0.05) is 97.9 Å². The van der Waals surface area contributed by atoms with Crippen LogP contribution in [0.25, 0.3) is 0 Å². The van der Waals surface area contributed by atoms with Crippen LogP contribution in [0.15, 0.2) is 91.0 Å². The molecule has 5 heteroatoms. The molecule has 7 rings (SSSR count). The lowest BCUT2D eigenvalue weighted by Crippen LogP contribution is -2.66. The van der Waals surface area contributed by atoms with Crippen molar-refractivity contribution in [1.29, 1.82) is 0 Å². The average Bonchev–Trinajstić information content (AvgIpc) is 3.44. The second-order valence-electron chi connectivity index (χ2n) is 15.0. The quantitative estimate of drug-likeness (QED) is 0.199. The van der Waals surface area contributed by atoms with E-state index in [2.05, 4.69) is 79.7 Å². The highest BCUT2D eigenvalue weighted by molar-refractivity contribution is 5.74. The highest BCUT2D eigenvalue weighted by Crippen LogP contribution is 2.69. The zero-order valence-corrected chi connectivity index (χ0v) is 27.4. The fraction of sp³-hybridized carbons (Fsp3) is 0.537. The van der Waals surface area contributed by atoms with Gasteiger partial charge in [-0.15, -0.1) is 0 Å². The van der Waals surface area contributed by atoms with Crippen LogP contribution in [0, 0.1) is 34.5 Å². The first-order valence-corrected chi connectivity index (χ1v) is 17.6. The van der Waals surface area contributed by atoms with E-state index in [9.17, 15) is 15.0 Å². The molecular weight excluding hydrogens is 572 g/mol. The molecule has 8 atom stereocenters. The SMILES string of the molecule is CCOC(=O)C1CCC2C3CCC4(O)CC(O)CCC4(COC(c4ccccc4)(c4ccccc4)c4ccccc4)C3CCC12C. The van der Waals surface area contributed by atoms with Crippen molar-refractivity contribution in [3.8, 4) is 0 Å². The van der Waals surface area contributed by atoms with Crippen LogP contribution < -0.4 is 0 Å². The van der Waals surface area contributed by atoms with E-state index in [4.69, 9.17) is 9.47 Å². The highest BCUT2D eigenvalue weighted by Gasteiger charge is 2.67. The van der Waals surface area contributed by atoms with Gasteiger partial charge in [0, 0.05) is 11.8 Å². The second kappa shape index (κ2) is 12.2. The standard InChI is InChI=1S/C41H50O5/c1-3-45-37(43)36-20-19-34-33-22-26-40(44)27-32(42)21-25-39(40,35(33)23-24-38(34,36)2)28-46-41(29-13-7-4-8-14-29,30-15-9-5-10-16-30)31-17-11-6-12-18-31/h4-18,32-36,42,44H,3,19-28H2,1-2H3. The number of esters is 1. The summed E-state index contributed by atoms with van der Waals surface area (Å²) in [5.41, 5.74) is 0.672. The Bertz CT molecular complexity index is 1400. The summed E-state index contributed by atoms with van der Waals surface area (Å²) in [6.07, 6.45) is 6.66. The predicted octanol–water partition coefficient (Wildman–Crippen LogP) is 7.67. The Morgan fingerprint density at radius 3 is 1.93 bits per heavy atom. The summed E-state index contributed by atoms with van der Waals surface area (Å²) < 4.78 is 13.1. The van der Waals surface area contributed by atoms with Crippen molar-refractivity contribution < 1.29 is 24.5 Å². The van der Waals surface area contributed by atoms with E-state index in [0.717, 1.165) is 55.2 Å². The van der Waals surface area contributed by atoms with Crippen LogP contribution in [0.4, 0.5) is 0 Å². The fourth-order valence-corrected chi connectivity index (χ4v) is 11.0. The zero-order chi connectivity index (χ0) is 32.0. The molecule has 0 spiro atoms. The monoisotopic (exact) mass is 622 g/mol. The lowest BCUT2D eigenvalue weighted by atomic mass is 9.43. The van der Waals surface area contributed by atoms with Crippen LogP contribution in [-0.2, 0) is 19.9 Å². The summed E-state index contributed by atoms with van der Waals surface area (Å²) in [7, 11) is 0. The molecule has 4 aliphatic rings. The van der Waals surface area contributed by atoms with Crippen molar-refractivity contribution >= 4 is 5.97 Å². The van der Waals surface area contributed by atoms with Gasteiger partial charge in [-0.25, -0.2) is 0 Å². The maximum Gasteiger partial charge on any atom is 0.309 e. The van der Waals surface area contributed by atoms with Gasteiger partial charge in [0.2, 0.25) is 0 Å². The molecule has 4 aliphatic carbocycles. The average molecular weight is 623 g/mol. The van der Waals surface area contributed by atoms with Gasteiger partial charge in [0.05, 0.1) is 30.8 Å². The summed E-state index contributed by atoms with van der Waals surface area (Å²) in [5.74, 6) is 0.975. The van der Waals surface area contributed by atoms with E-state index >= 15 is 0 Å². The van der Waals surface area contributed by atoms with Crippen LogP contribution in [0.5, 0.6) is 0 Å². The maximum absolute atomic E-state index is 13.2. The minimum Gasteiger partial charge on any atom is -0.466 e. The number of aliphatic hydroxyl groups excluding tert-OH is 1. The first-order chi connectivity index (χ1) is 22.3. The van der Waals surface area contributed by atoms with Crippen molar-refractivity contribution in [2.24, 2.45) is 34.5 Å². The molecule has 0 aliphatic heterocycles. The van der Waals surface area contributed by atoms with E-state index in [1.165, 1.54) is 0 Å². The summed E-state index contributed by atoms with van der Waals surface area (Å²) in [6.45, 7) is 5.04. The van der Waals surface area contributed by atoms with Crippen molar-refractivity contribution in [3.63, 3.8) is 0 Å². The number of hydrogen-bond acceptors (Lipinski definition) is 5. The summed E-state index contributed by atoms with van der Waals surface area (Å²) in [6, 6.07) is 31.5. The molecular formula is C41H50O5. The molecule has 4 saturated carbocycles. The zero-order valence-electron chi connectivity index (χ0n) is 27.4. The second-order valence-corrected chi connectivity index (χ2v) is 15.0. The van der Waals surface area contributed by atoms with Crippen molar-refractivity contribution in [2.45, 2.75) is 88.9 Å². The Balaban J connectivity index is 1.31. The Labute approximate surface area is 274 Å². The molecule has 0 saturated heterocycles. The number of rotatable bonds is 8. The van der Waals surface area contributed by atoms with E-state index in [-0.39, 0.29) is 23.2 Å². The van der Waals surface area contributed by atoms with Gasteiger partial charge in [-0.3, -0.25) is 4.79 Å². The Kier molecular flexibility index (Phi) is 8.40. The van der Waals surface area contributed by atoms with E-state index in [0.29, 0.717) is 44.3 Å².